The number of nitrogens with one attached hydrogen (secondary N) is 1. The first-order chi connectivity index (χ1) is 16.4. The van der Waals surface area contributed by atoms with Gasteiger partial charge in [0.1, 0.15) is 16.9 Å². The minimum atomic E-state index is -1.52. The standard InChI is InChI=1S/C27H18N2O5/c28-24-22(26(31)32)19(23(27(33)34)25(30)29-24)12-9-10-17-18(11-12)21-15-7-3-1-5-13(15)20(17)14-6-2-4-8-16(14)21/h1-11,20-21H,(H,31,32)(H,33,34)(H3,28,29,30). The van der Waals surface area contributed by atoms with Crippen LogP contribution in [-0.2, 0) is 0 Å². The largest absolute Gasteiger partial charge is 0.478 e. The van der Waals surface area contributed by atoms with Crippen LogP contribution in [-0.4, -0.2) is 27.1 Å². The Morgan fingerprint density at radius 3 is 1.68 bits per heavy atom. The first-order valence-corrected chi connectivity index (χ1v) is 10.7. The van der Waals surface area contributed by atoms with Gasteiger partial charge in [0.15, 0.2) is 0 Å². The fourth-order valence-corrected chi connectivity index (χ4v) is 5.66. The number of hydrogen-bond donors (Lipinski definition) is 4. The van der Waals surface area contributed by atoms with Crippen molar-refractivity contribution in [1.82, 2.24) is 4.98 Å². The van der Waals surface area contributed by atoms with Gasteiger partial charge in [0.05, 0.1) is 0 Å². The average Bonchev–Trinajstić information content (AvgIpc) is 2.82. The molecule has 0 fully saturated rings. The number of carbonyl (C=O) groups is 2. The highest BCUT2D eigenvalue weighted by atomic mass is 16.4. The predicted molar refractivity (Wildman–Crippen MR) is 126 cm³/mol. The zero-order valence-electron chi connectivity index (χ0n) is 17.7. The molecule has 34 heavy (non-hydrogen) atoms. The number of carboxylic acid groups (broad SMARTS) is 2. The summed E-state index contributed by atoms with van der Waals surface area (Å²) in [5.74, 6) is -3.39. The summed E-state index contributed by atoms with van der Waals surface area (Å²) in [6.07, 6.45) is 0. The number of aromatic carboxylic acids is 2. The van der Waals surface area contributed by atoms with Crippen molar-refractivity contribution in [2.75, 3.05) is 5.73 Å². The van der Waals surface area contributed by atoms with E-state index in [1.165, 1.54) is 11.1 Å². The van der Waals surface area contributed by atoms with E-state index in [2.05, 4.69) is 29.2 Å². The number of rotatable bonds is 3. The predicted octanol–water partition coefficient (Wildman–Crippen LogP) is 4.01. The Balaban J connectivity index is 1.66. The number of benzene rings is 3. The Labute approximate surface area is 193 Å². The molecule has 1 aromatic heterocycles. The van der Waals surface area contributed by atoms with Crippen LogP contribution in [0.1, 0.15) is 65.9 Å². The fourth-order valence-electron chi connectivity index (χ4n) is 5.66. The second kappa shape index (κ2) is 6.92. The summed E-state index contributed by atoms with van der Waals surface area (Å²) in [7, 11) is 0. The van der Waals surface area contributed by atoms with E-state index in [4.69, 9.17) is 5.73 Å². The van der Waals surface area contributed by atoms with Gasteiger partial charge in [0.25, 0.3) is 5.56 Å². The molecular formula is C27H18N2O5. The van der Waals surface area contributed by atoms with E-state index in [-0.39, 0.29) is 23.2 Å². The fraction of sp³-hybridized carbons (Fsp3) is 0.0741. The number of nitrogens with two attached hydrogens (primary N) is 1. The van der Waals surface area contributed by atoms with Crippen LogP contribution in [0.15, 0.2) is 71.5 Å². The lowest BCUT2D eigenvalue weighted by Crippen LogP contribution is -2.28. The highest BCUT2D eigenvalue weighted by Crippen LogP contribution is 2.56. The molecular weight excluding hydrogens is 432 g/mol. The van der Waals surface area contributed by atoms with Crippen molar-refractivity contribution in [2.24, 2.45) is 0 Å². The van der Waals surface area contributed by atoms with E-state index in [9.17, 15) is 24.6 Å². The third kappa shape index (κ3) is 2.55. The van der Waals surface area contributed by atoms with Crippen LogP contribution in [0, 0.1) is 0 Å². The van der Waals surface area contributed by atoms with Gasteiger partial charge in [-0.1, -0.05) is 60.7 Å². The molecule has 0 aliphatic heterocycles. The van der Waals surface area contributed by atoms with E-state index in [0.29, 0.717) is 5.56 Å². The van der Waals surface area contributed by atoms with Crippen molar-refractivity contribution in [3.8, 4) is 11.1 Å². The van der Waals surface area contributed by atoms with Crippen LogP contribution in [0.5, 0.6) is 0 Å². The van der Waals surface area contributed by atoms with Crippen molar-refractivity contribution in [3.05, 3.63) is 122 Å². The first kappa shape index (κ1) is 20.0. The summed E-state index contributed by atoms with van der Waals surface area (Å²) < 4.78 is 0. The number of aromatic amines is 1. The number of pyridine rings is 1. The molecule has 2 bridgehead atoms. The Hall–Kier alpha value is -4.65. The molecule has 3 aromatic carbocycles. The first-order valence-electron chi connectivity index (χ1n) is 10.7. The molecule has 0 radical (unpaired) electrons. The molecule has 3 aliphatic carbocycles. The summed E-state index contributed by atoms with van der Waals surface area (Å²) in [4.78, 5) is 38.7. The lowest BCUT2D eigenvalue weighted by atomic mass is 9.61. The SMILES string of the molecule is Nc1[nH]c(=O)c(C(=O)O)c(-c2ccc3c(c2)C2c4ccccc4C3c3ccccc32)c1C(=O)O. The third-order valence-corrected chi connectivity index (χ3v) is 6.91. The number of hydrogen-bond acceptors (Lipinski definition) is 4. The summed E-state index contributed by atoms with van der Waals surface area (Å²) in [6, 6.07) is 21.9. The lowest BCUT2D eigenvalue weighted by molar-refractivity contribution is 0.0695. The Morgan fingerprint density at radius 1 is 0.706 bits per heavy atom. The van der Waals surface area contributed by atoms with Crippen LogP contribution >= 0.6 is 0 Å². The third-order valence-electron chi connectivity index (χ3n) is 6.91. The molecule has 5 N–H and O–H groups in total. The Kier molecular flexibility index (Phi) is 4.07. The van der Waals surface area contributed by atoms with Crippen molar-refractivity contribution in [1.29, 1.82) is 0 Å². The summed E-state index contributed by atoms with van der Waals surface area (Å²) >= 11 is 0. The molecule has 4 aromatic rings. The number of nitrogen functional groups attached to an aromatic ring is 1. The van der Waals surface area contributed by atoms with E-state index < -0.39 is 28.6 Å². The zero-order chi connectivity index (χ0) is 23.7. The highest BCUT2D eigenvalue weighted by molar-refractivity contribution is 6.07. The quantitative estimate of drug-likeness (QED) is 0.322. The summed E-state index contributed by atoms with van der Waals surface area (Å²) in [5, 5.41) is 19.6. The zero-order valence-corrected chi connectivity index (χ0v) is 17.7. The van der Waals surface area contributed by atoms with Gasteiger partial charge >= 0.3 is 11.9 Å². The normalized spacial score (nSPS) is 16.9. The molecule has 3 aliphatic rings. The lowest BCUT2D eigenvalue weighted by Gasteiger charge is -2.42. The van der Waals surface area contributed by atoms with Gasteiger partial charge in [0.2, 0.25) is 0 Å². The maximum absolute atomic E-state index is 12.5. The topological polar surface area (TPSA) is 133 Å². The average molecular weight is 450 g/mol. The smallest absolute Gasteiger partial charge is 0.342 e. The Bertz CT molecular complexity index is 1570. The monoisotopic (exact) mass is 450 g/mol. The van der Waals surface area contributed by atoms with Crippen molar-refractivity contribution in [3.63, 3.8) is 0 Å². The maximum Gasteiger partial charge on any atom is 0.342 e. The molecule has 0 spiro atoms. The molecule has 166 valence electrons. The molecule has 0 unspecified atom stereocenters. The number of carboxylic acids is 2. The van der Waals surface area contributed by atoms with E-state index in [1.807, 2.05) is 36.4 Å². The van der Waals surface area contributed by atoms with Gasteiger partial charge in [-0.05, 0) is 45.0 Å². The molecule has 0 saturated heterocycles. The van der Waals surface area contributed by atoms with Crippen LogP contribution < -0.4 is 11.3 Å². The minimum Gasteiger partial charge on any atom is -0.478 e. The van der Waals surface area contributed by atoms with Crippen LogP contribution in [0.25, 0.3) is 11.1 Å². The molecule has 7 heteroatoms. The summed E-state index contributed by atoms with van der Waals surface area (Å²) in [5.41, 5.74) is 10.8. The second-order valence-electron chi connectivity index (χ2n) is 8.57. The van der Waals surface area contributed by atoms with Gasteiger partial charge < -0.3 is 20.9 Å². The number of anilines is 1. The van der Waals surface area contributed by atoms with Crippen LogP contribution in [0.3, 0.4) is 0 Å². The minimum absolute atomic E-state index is 0.0172. The number of H-pyrrole nitrogens is 1. The summed E-state index contributed by atoms with van der Waals surface area (Å²) in [6.45, 7) is 0. The Morgan fingerprint density at radius 2 is 1.18 bits per heavy atom. The van der Waals surface area contributed by atoms with E-state index >= 15 is 0 Å². The van der Waals surface area contributed by atoms with Gasteiger partial charge in [0, 0.05) is 17.4 Å². The molecule has 7 rings (SSSR count). The van der Waals surface area contributed by atoms with Gasteiger partial charge in [-0.3, -0.25) is 4.79 Å². The van der Waals surface area contributed by atoms with Gasteiger partial charge in [-0.25, -0.2) is 9.59 Å². The van der Waals surface area contributed by atoms with Crippen molar-refractivity contribution >= 4 is 17.8 Å². The van der Waals surface area contributed by atoms with E-state index in [1.54, 1.807) is 6.07 Å². The van der Waals surface area contributed by atoms with Crippen molar-refractivity contribution < 1.29 is 19.8 Å². The molecule has 1 heterocycles. The molecule has 7 nitrogen and oxygen atoms in total. The number of aromatic nitrogens is 1. The van der Waals surface area contributed by atoms with Gasteiger partial charge in [-0.15, -0.1) is 0 Å². The van der Waals surface area contributed by atoms with Crippen LogP contribution in [0.4, 0.5) is 5.82 Å². The van der Waals surface area contributed by atoms with Crippen LogP contribution in [0.2, 0.25) is 0 Å². The van der Waals surface area contributed by atoms with Gasteiger partial charge in [-0.2, -0.15) is 0 Å². The molecule has 0 atom stereocenters. The molecule has 0 saturated carbocycles. The maximum atomic E-state index is 12.5. The second-order valence-corrected chi connectivity index (χ2v) is 8.57. The van der Waals surface area contributed by atoms with Crippen molar-refractivity contribution in [2.45, 2.75) is 11.8 Å². The van der Waals surface area contributed by atoms with E-state index in [0.717, 1.165) is 22.3 Å². The molecule has 0 amide bonds. The highest BCUT2D eigenvalue weighted by Gasteiger charge is 2.41.